The van der Waals surface area contributed by atoms with E-state index >= 15 is 0 Å². The summed E-state index contributed by atoms with van der Waals surface area (Å²) in [6.45, 7) is 11.4. The highest BCUT2D eigenvalue weighted by Gasteiger charge is 2.25. The van der Waals surface area contributed by atoms with E-state index in [9.17, 15) is 4.79 Å². The molecule has 0 saturated heterocycles. The molecule has 0 aliphatic carbocycles. The van der Waals surface area contributed by atoms with Gasteiger partial charge in [0, 0.05) is 6.54 Å². The lowest BCUT2D eigenvalue weighted by atomic mass is 9.94. The lowest BCUT2D eigenvalue weighted by molar-refractivity contribution is -0.144. The van der Waals surface area contributed by atoms with E-state index in [0.29, 0.717) is 5.92 Å². The van der Waals surface area contributed by atoms with E-state index < -0.39 is 0 Å². The molecule has 0 bridgehead atoms. The van der Waals surface area contributed by atoms with E-state index in [1.54, 1.807) is 0 Å². The first-order chi connectivity index (χ1) is 6.81. The first-order valence-electron chi connectivity index (χ1n) is 5.63. The molecule has 15 heavy (non-hydrogen) atoms. The zero-order chi connectivity index (χ0) is 12.1. The van der Waals surface area contributed by atoms with Gasteiger partial charge in [0.15, 0.2) is 0 Å². The van der Waals surface area contributed by atoms with Crippen molar-refractivity contribution in [2.75, 3.05) is 13.7 Å². The van der Waals surface area contributed by atoms with Gasteiger partial charge < -0.3 is 10.1 Å². The van der Waals surface area contributed by atoms with Gasteiger partial charge in [0.1, 0.15) is 6.04 Å². The van der Waals surface area contributed by atoms with E-state index in [4.69, 9.17) is 4.74 Å². The van der Waals surface area contributed by atoms with Crippen LogP contribution in [-0.2, 0) is 9.53 Å². The number of carbonyl (C=O) groups is 1. The molecule has 2 unspecified atom stereocenters. The summed E-state index contributed by atoms with van der Waals surface area (Å²) in [6, 6.07) is -0.181. The molecule has 0 spiro atoms. The molecule has 0 amide bonds. The maximum Gasteiger partial charge on any atom is 0.323 e. The third-order valence-corrected chi connectivity index (χ3v) is 2.52. The van der Waals surface area contributed by atoms with Gasteiger partial charge in [-0.25, -0.2) is 0 Å². The van der Waals surface area contributed by atoms with Crippen LogP contribution in [0.3, 0.4) is 0 Å². The summed E-state index contributed by atoms with van der Waals surface area (Å²) in [5, 5.41) is 3.29. The van der Waals surface area contributed by atoms with Crippen molar-refractivity contribution in [3.63, 3.8) is 0 Å². The average Bonchev–Trinajstić information content (AvgIpc) is 2.15. The average molecular weight is 215 g/mol. The molecular weight excluding hydrogens is 190 g/mol. The second-order valence-corrected chi connectivity index (χ2v) is 5.33. The van der Waals surface area contributed by atoms with Crippen LogP contribution in [0, 0.1) is 11.3 Å². The van der Waals surface area contributed by atoms with Crippen LogP contribution in [-0.4, -0.2) is 25.7 Å². The fourth-order valence-corrected chi connectivity index (χ4v) is 1.30. The number of esters is 1. The number of methoxy groups -OCH3 is 1. The van der Waals surface area contributed by atoms with Crippen molar-refractivity contribution in [2.45, 2.75) is 47.1 Å². The highest BCUT2D eigenvalue weighted by molar-refractivity contribution is 5.75. The standard InChI is InChI=1S/C12H25NO2/c1-7-9(2)10(11(14)15-6)13-8-12(3,4)5/h9-10,13H,7-8H2,1-6H3. The zero-order valence-corrected chi connectivity index (χ0v) is 10.9. The van der Waals surface area contributed by atoms with Gasteiger partial charge in [-0.2, -0.15) is 0 Å². The molecule has 2 atom stereocenters. The van der Waals surface area contributed by atoms with Crippen LogP contribution in [0.5, 0.6) is 0 Å². The molecule has 0 aromatic carbocycles. The number of rotatable bonds is 5. The number of ether oxygens (including phenoxy) is 1. The SMILES string of the molecule is CCC(C)C(NCC(C)(C)C)C(=O)OC. The topological polar surface area (TPSA) is 38.3 Å². The maximum atomic E-state index is 11.5. The Labute approximate surface area is 93.6 Å². The summed E-state index contributed by atoms with van der Waals surface area (Å²) in [4.78, 5) is 11.5. The van der Waals surface area contributed by atoms with E-state index in [-0.39, 0.29) is 17.4 Å². The summed E-state index contributed by atoms with van der Waals surface area (Å²) in [5.41, 5.74) is 0.180. The van der Waals surface area contributed by atoms with Crippen LogP contribution in [0.25, 0.3) is 0 Å². The Morgan fingerprint density at radius 3 is 2.27 bits per heavy atom. The molecule has 0 radical (unpaired) electrons. The van der Waals surface area contributed by atoms with Crippen molar-refractivity contribution in [3.8, 4) is 0 Å². The smallest absolute Gasteiger partial charge is 0.323 e. The normalized spacial score (nSPS) is 15.9. The third-order valence-electron chi connectivity index (χ3n) is 2.52. The van der Waals surface area contributed by atoms with Crippen molar-refractivity contribution in [1.29, 1.82) is 0 Å². The first-order valence-corrected chi connectivity index (χ1v) is 5.63. The minimum atomic E-state index is -0.181. The summed E-state index contributed by atoms with van der Waals surface area (Å²) in [6.07, 6.45) is 0.969. The number of carbonyl (C=O) groups excluding carboxylic acids is 1. The molecule has 0 aromatic heterocycles. The predicted octanol–water partition coefficient (Wildman–Crippen LogP) is 2.21. The molecule has 0 fully saturated rings. The Bertz CT molecular complexity index is 196. The van der Waals surface area contributed by atoms with Crippen LogP contribution in [0.15, 0.2) is 0 Å². The van der Waals surface area contributed by atoms with E-state index in [0.717, 1.165) is 13.0 Å². The van der Waals surface area contributed by atoms with Gasteiger partial charge in [-0.15, -0.1) is 0 Å². The lowest BCUT2D eigenvalue weighted by Crippen LogP contribution is -2.45. The molecule has 0 aromatic rings. The molecular formula is C12H25NO2. The highest BCUT2D eigenvalue weighted by Crippen LogP contribution is 2.14. The molecule has 0 aliphatic rings. The van der Waals surface area contributed by atoms with Crippen LogP contribution in [0.4, 0.5) is 0 Å². The number of hydrogen-bond donors (Lipinski definition) is 1. The van der Waals surface area contributed by atoms with Crippen LogP contribution < -0.4 is 5.32 Å². The minimum absolute atomic E-state index is 0.159. The van der Waals surface area contributed by atoms with E-state index in [1.807, 2.05) is 0 Å². The second-order valence-electron chi connectivity index (χ2n) is 5.33. The van der Waals surface area contributed by atoms with Gasteiger partial charge >= 0.3 is 5.97 Å². The van der Waals surface area contributed by atoms with Gasteiger partial charge in [-0.05, 0) is 11.3 Å². The van der Waals surface area contributed by atoms with E-state index in [2.05, 4.69) is 39.9 Å². The van der Waals surface area contributed by atoms with Crippen LogP contribution in [0.2, 0.25) is 0 Å². The quantitative estimate of drug-likeness (QED) is 0.715. The fourth-order valence-electron chi connectivity index (χ4n) is 1.30. The van der Waals surface area contributed by atoms with Crippen molar-refractivity contribution in [1.82, 2.24) is 5.32 Å². The molecule has 0 saturated carbocycles. The molecule has 1 N–H and O–H groups in total. The number of hydrogen-bond acceptors (Lipinski definition) is 3. The largest absolute Gasteiger partial charge is 0.468 e. The Balaban J connectivity index is 4.32. The van der Waals surface area contributed by atoms with Crippen LogP contribution in [0.1, 0.15) is 41.0 Å². The summed E-state index contributed by atoms with van der Waals surface area (Å²) in [5.74, 6) is 0.147. The Kier molecular flexibility index (Phi) is 5.88. The number of nitrogens with one attached hydrogen (secondary N) is 1. The van der Waals surface area contributed by atoms with Gasteiger partial charge in [0.05, 0.1) is 7.11 Å². The van der Waals surface area contributed by atoms with Gasteiger partial charge in [-0.3, -0.25) is 4.79 Å². The zero-order valence-electron chi connectivity index (χ0n) is 10.9. The Hall–Kier alpha value is -0.570. The lowest BCUT2D eigenvalue weighted by Gasteiger charge is -2.26. The Morgan fingerprint density at radius 2 is 1.93 bits per heavy atom. The summed E-state index contributed by atoms with van der Waals surface area (Å²) >= 11 is 0. The second kappa shape index (κ2) is 6.11. The van der Waals surface area contributed by atoms with Crippen LogP contribution >= 0.6 is 0 Å². The van der Waals surface area contributed by atoms with Gasteiger partial charge in [0.2, 0.25) is 0 Å². The van der Waals surface area contributed by atoms with Gasteiger partial charge in [-0.1, -0.05) is 41.0 Å². The summed E-state index contributed by atoms with van der Waals surface area (Å²) < 4.78 is 4.80. The van der Waals surface area contributed by atoms with Crippen molar-refractivity contribution in [3.05, 3.63) is 0 Å². The van der Waals surface area contributed by atoms with Crippen molar-refractivity contribution >= 4 is 5.97 Å². The monoisotopic (exact) mass is 215 g/mol. The molecule has 90 valence electrons. The van der Waals surface area contributed by atoms with E-state index in [1.165, 1.54) is 7.11 Å². The first kappa shape index (κ1) is 14.4. The highest BCUT2D eigenvalue weighted by atomic mass is 16.5. The van der Waals surface area contributed by atoms with Gasteiger partial charge in [0.25, 0.3) is 0 Å². The van der Waals surface area contributed by atoms with Crippen molar-refractivity contribution < 1.29 is 9.53 Å². The van der Waals surface area contributed by atoms with Crippen molar-refractivity contribution in [2.24, 2.45) is 11.3 Å². The molecule has 0 heterocycles. The fraction of sp³-hybridized carbons (Fsp3) is 0.917. The summed E-state index contributed by atoms with van der Waals surface area (Å²) in [7, 11) is 1.44. The molecule has 0 rings (SSSR count). The predicted molar refractivity (Wildman–Crippen MR) is 62.7 cm³/mol. The third kappa shape index (κ3) is 5.78. The maximum absolute atomic E-state index is 11.5. The molecule has 3 heteroatoms. The molecule has 0 aliphatic heterocycles. The molecule has 3 nitrogen and oxygen atoms in total. The minimum Gasteiger partial charge on any atom is -0.468 e. The Morgan fingerprint density at radius 1 is 1.40 bits per heavy atom.